The molecule has 7 nitrogen and oxygen atoms in total. The largest absolute Gasteiger partial charge is 0.573 e. The number of alkyl halides is 3. The van der Waals surface area contributed by atoms with Gasteiger partial charge in [0.05, 0.1) is 11.2 Å². The van der Waals surface area contributed by atoms with Crippen LogP contribution in [0, 0.1) is 0 Å². The van der Waals surface area contributed by atoms with Crippen molar-refractivity contribution in [1.29, 1.82) is 0 Å². The summed E-state index contributed by atoms with van der Waals surface area (Å²) in [5.41, 5.74) is 4.26. The minimum Gasteiger partial charge on any atom is -0.506 e. The lowest BCUT2D eigenvalue weighted by atomic mass is 10.0. The number of amides is 1. The first kappa shape index (κ1) is 27.7. The highest BCUT2D eigenvalue weighted by atomic mass is 35.5. The maximum absolute atomic E-state index is 12.3. The Morgan fingerprint density at radius 2 is 1.74 bits per heavy atom. The van der Waals surface area contributed by atoms with E-state index in [-0.39, 0.29) is 22.1 Å². The number of carbonyl (C=O) groups is 1. The van der Waals surface area contributed by atoms with Crippen molar-refractivity contribution in [3.63, 3.8) is 0 Å². The third kappa shape index (κ3) is 7.86. The molecule has 39 heavy (non-hydrogen) atoms. The monoisotopic (exact) mass is 557 g/mol. The molecule has 11 heteroatoms. The summed E-state index contributed by atoms with van der Waals surface area (Å²) in [6.07, 6.45) is -3.19. The number of ether oxygens (including phenoxy) is 2. The Morgan fingerprint density at radius 1 is 1.00 bits per heavy atom. The number of nitrogens with one attached hydrogen (secondary N) is 2. The molecule has 0 unspecified atom stereocenters. The zero-order valence-corrected chi connectivity index (χ0v) is 21.1. The summed E-state index contributed by atoms with van der Waals surface area (Å²) in [4.78, 5) is 12.3. The summed E-state index contributed by atoms with van der Waals surface area (Å²) < 4.78 is 46.6. The van der Waals surface area contributed by atoms with Gasteiger partial charge in [-0.3, -0.25) is 4.79 Å². The second-order valence-electron chi connectivity index (χ2n) is 8.28. The summed E-state index contributed by atoms with van der Waals surface area (Å²) in [5, 5.41) is 18.5. The molecule has 0 aliphatic heterocycles. The molecule has 0 radical (unpaired) electrons. The molecule has 0 spiro atoms. The Morgan fingerprint density at radius 3 is 2.46 bits per heavy atom. The van der Waals surface area contributed by atoms with Gasteiger partial charge in [0.15, 0.2) is 0 Å². The molecule has 1 amide bonds. The molecular weight excluding hydrogens is 535 g/mol. The maximum atomic E-state index is 12.3. The van der Waals surface area contributed by atoms with Crippen molar-refractivity contribution in [2.45, 2.75) is 12.9 Å². The zero-order valence-electron chi connectivity index (χ0n) is 20.3. The van der Waals surface area contributed by atoms with Gasteiger partial charge >= 0.3 is 6.36 Å². The summed E-state index contributed by atoms with van der Waals surface area (Å²) in [5.74, 6) is -0.189. The SMILES string of the molecule is O=C(N/N=C\c1ccc(OCCNCc2ccc(OC(F)(F)F)cc2)c2ccccc12)c1ccc(O)c(Cl)c1. The van der Waals surface area contributed by atoms with E-state index in [0.717, 1.165) is 21.9 Å². The Labute approximate surface area is 226 Å². The van der Waals surface area contributed by atoms with Crippen LogP contribution in [0.15, 0.2) is 84.0 Å². The highest BCUT2D eigenvalue weighted by molar-refractivity contribution is 6.32. The van der Waals surface area contributed by atoms with Gasteiger partial charge in [-0.05, 0) is 53.4 Å². The average Bonchev–Trinajstić information content (AvgIpc) is 2.91. The van der Waals surface area contributed by atoms with Crippen molar-refractivity contribution in [3.8, 4) is 17.2 Å². The molecule has 0 heterocycles. The molecule has 4 rings (SSSR count). The first-order valence-electron chi connectivity index (χ1n) is 11.7. The van der Waals surface area contributed by atoms with Gasteiger partial charge in [0, 0.05) is 29.6 Å². The molecule has 4 aromatic rings. The van der Waals surface area contributed by atoms with Crippen LogP contribution < -0.4 is 20.2 Å². The fourth-order valence-electron chi connectivity index (χ4n) is 3.68. The van der Waals surface area contributed by atoms with E-state index in [0.29, 0.717) is 25.4 Å². The third-order valence-corrected chi connectivity index (χ3v) is 5.82. The van der Waals surface area contributed by atoms with E-state index < -0.39 is 12.3 Å². The van der Waals surface area contributed by atoms with Gasteiger partial charge in [0.25, 0.3) is 5.91 Å². The fourth-order valence-corrected chi connectivity index (χ4v) is 3.86. The number of phenols is 1. The van der Waals surface area contributed by atoms with E-state index in [9.17, 15) is 23.1 Å². The fraction of sp³-hybridized carbons (Fsp3) is 0.143. The molecule has 202 valence electrons. The molecule has 3 N–H and O–H groups in total. The van der Waals surface area contributed by atoms with E-state index in [1.54, 1.807) is 12.1 Å². The van der Waals surface area contributed by atoms with Crippen molar-refractivity contribution in [2.75, 3.05) is 13.2 Å². The molecule has 0 bridgehead atoms. The average molecular weight is 558 g/mol. The number of phenolic OH excluding ortho intramolecular Hbond substituents is 1. The van der Waals surface area contributed by atoms with Gasteiger partial charge < -0.3 is 19.9 Å². The Bertz CT molecular complexity index is 1480. The molecule has 0 aliphatic carbocycles. The van der Waals surface area contributed by atoms with Crippen LogP contribution in [0.1, 0.15) is 21.5 Å². The van der Waals surface area contributed by atoms with E-state index in [2.05, 4.69) is 20.6 Å². The lowest BCUT2D eigenvalue weighted by Gasteiger charge is -2.12. The van der Waals surface area contributed by atoms with E-state index >= 15 is 0 Å². The molecule has 0 aliphatic rings. The molecule has 0 fully saturated rings. The number of nitrogens with zero attached hydrogens (tertiary/aromatic N) is 1. The topological polar surface area (TPSA) is 92.2 Å². The lowest BCUT2D eigenvalue weighted by molar-refractivity contribution is -0.274. The highest BCUT2D eigenvalue weighted by Gasteiger charge is 2.30. The number of carbonyl (C=O) groups excluding carboxylic acids is 1. The number of aromatic hydroxyl groups is 1. The maximum Gasteiger partial charge on any atom is 0.573 e. The number of halogens is 4. The van der Waals surface area contributed by atoms with Crippen molar-refractivity contribution in [2.24, 2.45) is 5.10 Å². The van der Waals surface area contributed by atoms with Crippen LogP contribution in [0.4, 0.5) is 13.2 Å². The molecule has 0 atom stereocenters. The van der Waals surface area contributed by atoms with Crippen LogP contribution in [0.3, 0.4) is 0 Å². The van der Waals surface area contributed by atoms with Crippen LogP contribution in [-0.4, -0.2) is 36.7 Å². The van der Waals surface area contributed by atoms with Crippen LogP contribution in [0.25, 0.3) is 10.8 Å². The van der Waals surface area contributed by atoms with Crippen LogP contribution >= 0.6 is 11.6 Å². The van der Waals surface area contributed by atoms with Gasteiger partial charge in [-0.2, -0.15) is 5.10 Å². The van der Waals surface area contributed by atoms with Crippen molar-refractivity contribution >= 4 is 34.5 Å². The number of hydrogen-bond acceptors (Lipinski definition) is 6. The van der Waals surface area contributed by atoms with Crippen molar-refractivity contribution in [1.82, 2.24) is 10.7 Å². The quantitative estimate of drug-likeness (QED) is 0.126. The van der Waals surface area contributed by atoms with Gasteiger partial charge in [0.1, 0.15) is 23.9 Å². The predicted molar refractivity (Wildman–Crippen MR) is 142 cm³/mol. The summed E-state index contributed by atoms with van der Waals surface area (Å²) >= 11 is 5.85. The Kier molecular flexibility index (Phi) is 8.90. The Hall–Kier alpha value is -4.28. The molecule has 0 aromatic heterocycles. The lowest BCUT2D eigenvalue weighted by Crippen LogP contribution is -2.21. The minimum absolute atomic E-state index is 0.0667. The molecular formula is C28H23ClF3N3O4. The van der Waals surface area contributed by atoms with Gasteiger partial charge in [-0.1, -0.05) is 48.0 Å². The van der Waals surface area contributed by atoms with Gasteiger partial charge in [-0.25, -0.2) is 5.43 Å². The smallest absolute Gasteiger partial charge is 0.506 e. The van der Waals surface area contributed by atoms with Crippen LogP contribution in [0.5, 0.6) is 17.2 Å². The third-order valence-electron chi connectivity index (χ3n) is 5.52. The van der Waals surface area contributed by atoms with E-state index in [1.807, 2.05) is 36.4 Å². The number of hydrogen-bond donors (Lipinski definition) is 3. The Balaban J connectivity index is 1.31. The number of fused-ring (bicyclic) bond motifs is 1. The first-order chi connectivity index (χ1) is 18.7. The number of rotatable bonds is 10. The standard InChI is InChI=1S/C28H23ClF3N3O4/c29-24-15-19(7-11-25(24)36)27(37)35-34-17-20-8-12-26(23-4-2-1-3-22(20)23)38-14-13-33-16-18-5-9-21(10-6-18)39-28(30,31)32/h1-12,15,17,33,36H,13-14,16H2,(H,35,37)/b34-17-. The predicted octanol–water partition coefficient (Wildman–Crippen LogP) is 6.03. The normalized spacial score (nSPS) is 11.6. The molecule has 4 aromatic carbocycles. The van der Waals surface area contributed by atoms with Gasteiger partial charge in [0.2, 0.25) is 0 Å². The minimum atomic E-state index is -4.72. The van der Waals surface area contributed by atoms with Crippen LogP contribution in [-0.2, 0) is 6.54 Å². The van der Waals surface area contributed by atoms with Crippen LogP contribution in [0.2, 0.25) is 5.02 Å². The number of benzene rings is 4. The second kappa shape index (κ2) is 12.5. The zero-order chi connectivity index (χ0) is 27.8. The summed E-state index contributed by atoms with van der Waals surface area (Å²) in [6, 6.07) is 21.0. The molecule has 0 saturated heterocycles. The number of hydrazone groups is 1. The summed E-state index contributed by atoms with van der Waals surface area (Å²) in [6.45, 7) is 1.32. The second-order valence-corrected chi connectivity index (χ2v) is 8.69. The van der Waals surface area contributed by atoms with E-state index in [4.69, 9.17) is 16.3 Å². The van der Waals surface area contributed by atoms with E-state index in [1.165, 1.54) is 36.5 Å². The first-order valence-corrected chi connectivity index (χ1v) is 12.1. The van der Waals surface area contributed by atoms with Crippen molar-refractivity contribution < 1.29 is 32.5 Å². The highest BCUT2D eigenvalue weighted by Crippen LogP contribution is 2.28. The van der Waals surface area contributed by atoms with Gasteiger partial charge in [-0.15, -0.1) is 13.2 Å². The summed E-state index contributed by atoms with van der Waals surface area (Å²) in [7, 11) is 0. The van der Waals surface area contributed by atoms with Crippen molar-refractivity contribution in [3.05, 3.63) is 101 Å². The molecule has 0 saturated carbocycles.